The molecule has 1 aromatic heterocycles. The van der Waals surface area contributed by atoms with E-state index in [1.54, 1.807) is 0 Å². The number of nitrogens with zero attached hydrogens (tertiary/aromatic N) is 3. The highest BCUT2D eigenvalue weighted by atomic mass is 32.2. The Balaban J connectivity index is 1.13. The molecule has 57 heavy (non-hydrogen) atoms. The van der Waals surface area contributed by atoms with Gasteiger partial charge in [0.15, 0.2) is 11.5 Å². The van der Waals surface area contributed by atoms with Crippen LogP contribution in [-0.4, -0.2) is 101 Å². The maximum atomic E-state index is 15.0. The van der Waals surface area contributed by atoms with Crippen molar-refractivity contribution in [2.75, 3.05) is 13.6 Å². The third-order valence-electron chi connectivity index (χ3n) is 12.1. The van der Waals surface area contributed by atoms with Crippen LogP contribution in [0.1, 0.15) is 78.6 Å². The third kappa shape index (κ3) is 7.68. The van der Waals surface area contributed by atoms with Gasteiger partial charge in [0.25, 0.3) is 5.91 Å². The van der Waals surface area contributed by atoms with E-state index in [0.29, 0.717) is 43.9 Å². The number of pyridine rings is 1. The number of benzene rings is 1. The van der Waals surface area contributed by atoms with Crippen molar-refractivity contribution in [1.29, 1.82) is 0 Å². The van der Waals surface area contributed by atoms with E-state index < -0.39 is 80.6 Å². The number of allylic oxidation sites excluding steroid dienone is 1. The zero-order valence-corrected chi connectivity index (χ0v) is 33.0. The Morgan fingerprint density at radius 1 is 1.07 bits per heavy atom. The van der Waals surface area contributed by atoms with E-state index in [1.807, 2.05) is 26.0 Å². The quantitative estimate of drug-likeness (QED) is 0.379. The van der Waals surface area contributed by atoms with Gasteiger partial charge in [0.1, 0.15) is 29.3 Å². The van der Waals surface area contributed by atoms with Crippen molar-refractivity contribution >= 4 is 44.6 Å². The van der Waals surface area contributed by atoms with E-state index in [-0.39, 0.29) is 54.0 Å². The molecular weight excluding hydrogens is 769 g/mol. The molecule has 8 rings (SSSR count). The summed E-state index contributed by atoms with van der Waals surface area (Å²) >= 11 is 0. The number of hydrogen-bond acceptors (Lipinski definition) is 11. The lowest BCUT2D eigenvalue weighted by Gasteiger charge is -2.37. The summed E-state index contributed by atoms with van der Waals surface area (Å²) < 4.78 is 77.6. The fourth-order valence-corrected chi connectivity index (χ4v) is 9.75. The molecule has 4 fully saturated rings. The van der Waals surface area contributed by atoms with E-state index in [1.165, 1.54) is 41.2 Å². The molecule has 0 radical (unpaired) electrons. The number of nitrogens with one attached hydrogen (secondary N) is 2. The number of hydrogen-bond donors (Lipinski definition) is 2. The molecule has 1 saturated heterocycles. The Bertz CT molecular complexity index is 2150. The molecule has 4 amide bonds. The van der Waals surface area contributed by atoms with Crippen molar-refractivity contribution in [3.63, 3.8) is 0 Å². The molecule has 4 heterocycles. The van der Waals surface area contributed by atoms with Crippen LogP contribution in [0.15, 0.2) is 36.5 Å². The zero-order chi connectivity index (χ0) is 40.7. The van der Waals surface area contributed by atoms with E-state index in [2.05, 4.69) is 26.7 Å². The molecule has 3 aliphatic heterocycles. The summed E-state index contributed by atoms with van der Waals surface area (Å²) in [5.74, 6) is -3.17. The molecular formula is C39H47F2N5O10S. The van der Waals surface area contributed by atoms with Gasteiger partial charge in [-0.3, -0.25) is 24.0 Å². The maximum Gasteiger partial charge on any atom is 0.586 e. The zero-order valence-electron chi connectivity index (χ0n) is 32.2. The van der Waals surface area contributed by atoms with E-state index in [4.69, 9.17) is 14.2 Å². The molecule has 308 valence electrons. The van der Waals surface area contributed by atoms with Crippen molar-refractivity contribution < 1.29 is 55.3 Å². The van der Waals surface area contributed by atoms with Crippen LogP contribution in [-0.2, 0) is 29.1 Å². The second-order valence-corrected chi connectivity index (χ2v) is 18.9. The van der Waals surface area contributed by atoms with Crippen LogP contribution in [0.25, 0.3) is 10.8 Å². The molecule has 2 N–H and O–H groups in total. The summed E-state index contributed by atoms with van der Waals surface area (Å²) in [6.45, 7) is 5.63. The van der Waals surface area contributed by atoms with Crippen LogP contribution < -0.4 is 24.2 Å². The van der Waals surface area contributed by atoms with E-state index in [0.717, 1.165) is 6.42 Å². The average Bonchev–Trinajstić information content (AvgIpc) is 4.09. The molecule has 1 aromatic carbocycles. The summed E-state index contributed by atoms with van der Waals surface area (Å²) in [5, 5.41) is 2.73. The molecule has 6 aliphatic rings. The van der Waals surface area contributed by atoms with Crippen LogP contribution in [0.5, 0.6) is 17.4 Å². The van der Waals surface area contributed by atoms with Crippen LogP contribution in [0.2, 0.25) is 0 Å². The highest BCUT2D eigenvalue weighted by Crippen LogP contribution is 2.48. The Morgan fingerprint density at radius 2 is 1.82 bits per heavy atom. The monoisotopic (exact) mass is 815 g/mol. The number of carbonyl (C=O) groups is 4. The normalized spacial score (nSPS) is 32.1. The highest BCUT2D eigenvalue weighted by Gasteiger charge is 2.62. The molecule has 3 aliphatic carbocycles. The Hall–Kier alpha value is -4.74. The fraction of sp³-hybridized carbons (Fsp3) is 0.615. The second-order valence-electron chi connectivity index (χ2n) is 16.9. The highest BCUT2D eigenvalue weighted by molar-refractivity contribution is 7.91. The molecule has 15 nitrogen and oxygen atoms in total. The standard InChI is InChI=1S/C39H47F2N5O10S/c1-21-7-5-6-8-23-19-38(23,35(49)44-57(51,52)25-9-10-25)43-32(47)28-18-24(53-33-27-11-12-29-31(26(27)13-16-42-33)55-39(40,41)54-29)20-46(28)34(48)30(22(2)17-21)45(4)36(50)56-37(3)14-15-37/h6,8,11-13,16,21-25,28,30H,5,7,9-10,14-15,17-20H2,1-4H3,(H,43,47)(H,44,49)/b8-6-/t21-,22+,23+,24+,28-,30-,38+/m0/s1. The number of aromatic nitrogens is 1. The lowest BCUT2D eigenvalue weighted by Crippen LogP contribution is -2.59. The first-order valence-corrected chi connectivity index (χ1v) is 21.1. The van der Waals surface area contributed by atoms with Crippen LogP contribution in [0.4, 0.5) is 13.6 Å². The minimum Gasteiger partial charge on any atom is -0.472 e. The smallest absolute Gasteiger partial charge is 0.472 e. The average molecular weight is 816 g/mol. The number of fused-ring (bicyclic) bond motifs is 5. The minimum atomic E-state index is -3.95. The Morgan fingerprint density at radius 3 is 2.54 bits per heavy atom. The van der Waals surface area contributed by atoms with Gasteiger partial charge in [-0.1, -0.05) is 26.0 Å². The van der Waals surface area contributed by atoms with Crippen molar-refractivity contribution in [2.24, 2.45) is 17.8 Å². The first kappa shape index (κ1) is 39.1. The predicted molar refractivity (Wildman–Crippen MR) is 199 cm³/mol. The van der Waals surface area contributed by atoms with Crippen molar-refractivity contribution in [3.8, 4) is 17.4 Å². The van der Waals surface area contributed by atoms with Gasteiger partial charge in [-0.2, -0.15) is 0 Å². The van der Waals surface area contributed by atoms with Crippen LogP contribution >= 0.6 is 0 Å². The predicted octanol–water partition coefficient (Wildman–Crippen LogP) is 4.39. The van der Waals surface area contributed by atoms with Gasteiger partial charge in [-0.15, -0.1) is 8.78 Å². The van der Waals surface area contributed by atoms with Crippen molar-refractivity contribution in [3.05, 3.63) is 36.5 Å². The number of ether oxygens (including phenoxy) is 4. The van der Waals surface area contributed by atoms with Crippen LogP contribution in [0, 0.1) is 17.8 Å². The molecule has 3 saturated carbocycles. The largest absolute Gasteiger partial charge is 0.586 e. The number of alkyl halides is 2. The SMILES string of the molecule is C[C@H]1CC/C=C\[C@@H]2C[C@@]2(C(=O)NS(=O)(=O)C2CC2)NC(=O)[C@@H]2C[C@@H](Oc3nccc4c5c(ccc34)OC(F)(F)O5)CN2C(=O)[C@@H](N(C)C(=O)OC2(C)CC2)[C@H](C)C1. The third-order valence-corrected chi connectivity index (χ3v) is 13.9. The second kappa shape index (κ2) is 14.0. The molecule has 0 unspecified atom stereocenters. The number of rotatable bonds is 7. The fourth-order valence-electron chi connectivity index (χ4n) is 8.39. The van der Waals surface area contributed by atoms with Gasteiger partial charge in [-0.05, 0) is 88.3 Å². The molecule has 7 atom stereocenters. The summed E-state index contributed by atoms with van der Waals surface area (Å²) in [5.41, 5.74) is -2.20. The molecule has 0 bridgehead atoms. The number of halogens is 2. The summed E-state index contributed by atoms with van der Waals surface area (Å²) in [6.07, 6.45) is 4.00. The van der Waals surface area contributed by atoms with Gasteiger partial charge >= 0.3 is 12.4 Å². The minimum absolute atomic E-state index is 0.0281. The summed E-state index contributed by atoms with van der Waals surface area (Å²) in [6, 6.07) is 1.99. The molecule has 18 heteroatoms. The number of amides is 4. The first-order chi connectivity index (χ1) is 26.9. The topological polar surface area (TPSA) is 183 Å². The molecule has 0 spiro atoms. The van der Waals surface area contributed by atoms with E-state index >= 15 is 0 Å². The van der Waals surface area contributed by atoms with Gasteiger partial charge in [0, 0.05) is 36.4 Å². The Kier molecular flexibility index (Phi) is 9.59. The lowest BCUT2D eigenvalue weighted by atomic mass is 9.87. The van der Waals surface area contributed by atoms with Crippen molar-refractivity contribution in [1.82, 2.24) is 24.8 Å². The summed E-state index contributed by atoms with van der Waals surface area (Å²) in [4.78, 5) is 63.9. The number of likely N-dealkylation sites (N-methyl/N-ethyl adjacent to an activating group) is 1. The number of carbonyl (C=O) groups excluding carboxylic acids is 4. The van der Waals surface area contributed by atoms with Crippen LogP contribution in [0.3, 0.4) is 0 Å². The molecule has 2 aromatic rings. The number of sulfonamides is 1. The van der Waals surface area contributed by atoms with E-state index in [9.17, 15) is 36.4 Å². The van der Waals surface area contributed by atoms with Gasteiger partial charge < -0.3 is 29.2 Å². The van der Waals surface area contributed by atoms with Gasteiger partial charge in [0.05, 0.1) is 11.8 Å². The lowest BCUT2D eigenvalue weighted by molar-refractivity contribution is -0.286. The summed E-state index contributed by atoms with van der Waals surface area (Å²) in [7, 11) is -2.44. The van der Waals surface area contributed by atoms with Crippen molar-refractivity contribution in [2.45, 2.75) is 119 Å². The first-order valence-electron chi connectivity index (χ1n) is 19.5. The maximum absolute atomic E-state index is 15.0. The van der Waals surface area contributed by atoms with Gasteiger partial charge in [-0.25, -0.2) is 18.2 Å². The van der Waals surface area contributed by atoms with Gasteiger partial charge in [0.2, 0.25) is 27.7 Å². The Labute approximate surface area is 328 Å².